The van der Waals surface area contributed by atoms with Crippen molar-refractivity contribution < 1.29 is 9.18 Å². The fraction of sp³-hybridized carbons (Fsp3) is 0.133. The second-order valence-corrected chi connectivity index (χ2v) is 4.42. The Labute approximate surface area is 104 Å². The molecule has 2 nitrogen and oxygen atoms in total. The summed E-state index contributed by atoms with van der Waals surface area (Å²) in [5.74, 6) is -0.604. The zero-order chi connectivity index (χ0) is 12.5. The molecule has 0 unspecified atom stereocenters. The average Bonchev–Trinajstić information content (AvgIpc) is 2.69. The van der Waals surface area contributed by atoms with Crippen LogP contribution in [-0.4, -0.2) is 5.91 Å². The van der Waals surface area contributed by atoms with Crippen LogP contribution in [0.25, 0.3) is 0 Å². The Kier molecular flexibility index (Phi) is 2.59. The molecule has 1 amide bonds. The molecule has 3 rings (SSSR count). The first kappa shape index (κ1) is 11.0. The molecular formula is C15H12FNO. The molecule has 18 heavy (non-hydrogen) atoms. The zero-order valence-corrected chi connectivity index (χ0v) is 9.69. The van der Waals surface area contributed by atoms with Crippen LogP contribution in [0.4, 0.5) is 10.1 Å². The van der Waals surface area contributed by atoms with Gasteiger partial charge in [-0.2, -0.15) is 0 Å². The summed E-state index contributed by atoms with van der Waals surface area (Å²) in [5.41, 5.74) is 2.36. The molecule has 1 atom stereocenters. The molecule has 2 aromatic rings. The molecule has 2 aromatic carbocycles. The maximum atomic E-state index is 13.6. The number of anilines is 1. The number of benzene rings is 2. The number of para-hydroxylation sites is 1. The summed E-state index contributed by atoms with van der Waals surface area (Å²) in [6.07, 6.45) is 0.398. The van der Waals surface area contributed by atoms with Gasteiger partial charge < -0.3 is 5.32 Å². The zero-order valence-electron chi connectivity index (χ0n) is 9.69. The van der Waals surface area contributed by atoms with Crippen LogP contribution in [0.5, 0.6) is 0 Å². The van der Waals surface area contributed by atoms with Gasteiger partial charge in [0.2, 0.25) is 5.91 Å². The van der Waals surface area contributed by atoms with Gasteiger partial charge in [-0.15, -0.1) is 0 Å². The van der Waals surface area contributed by atoms with Gasteiger partial charge in [0.25, 0.3) is 0 Å². The molecule has 0 bridgehead atoms. The summed E-state index contributed by atoms with van der Waals surface area (Å²) >= 11 is 0. The topological polar surface area (TPSA) is 29.1 Å². The predicted octanol–water partition coefficient (Wildman–Crippen LogP) is 3.10. The first-order valence-corrected chi connectivity index (χ1v) is 5.89. The Hall–Kier alpha value is -2.16. The highest BCUT2D eigenvalue weighted by Crippen LogP contribution is 2.34. The molecule has 0 saturated carbocycles. The van der Waals surface area contributed by atoms with E-state index in [4.69, 9.17) is 0 Å². The summed E-state index contributed by atoms with van der Waals surface area (Å²) in [7, 11) is 0. The van der Waals surface area contributed by atoms with Crippen molar-refractivity contribution in [2.45, 2.75) is 12.3 Å². The molecule has 90 valence electrons. The first-order chi connectivity index (χ1) is 8.75. The van der Waals surface area contributed by atoms with Crippen molar-refractivity contribution in [2.24, 2.45) is 0 Å². The molecule has 0 radical (unpaired) electrons. The minimum atomic E-state index is -0.293. The average molecular weight is 241 g/mol. The monoisotopic (exact) mass is 241 g/mol. The summed E-state index contributed by atoms with van der Waals surface area (Å²) in [6.45, 7) is 0. The number of carbonyl (C=O) groups excluding carboxylic acids is 1. The van der Waals surface area contributed by atoms with Crippen molar-refractivity contribution in [3.63, 3.8) is 0 Å². The van der Waals surface area contributed by atoms with Crippen LogP contribution >= 0.6 is 0 Å². The lowest BCUT2D eigenvalue weighted by molar-refractivity contribution is -0.117. The van der Waals surface area contributed by atoms with Crippen LogP contribution in [0.1, 0.15) is 17.0 Å². The quantitative estimate of drug-likeness (QED) is 0.860. The smallest absolute Gasteiger partial charge is 0.232 e. The number of amides is 1. The third-order valence-electron chi connectivity index (χ3n) is 3.29. The molecule has 0 saturated heterocycles. The molecular weight excluding hydrogens is 229 g/mol. The normalized spacial score (nSPS) is 17.4. The van der Waals surface area contributed by atoms with E-state index in [1.165, 1.54) is 6.07 Å². The number of halogens is 1. The predicted molar refractivity (Wildman–Crippen MR) is 67.9 cm³/mol. The highest BCUT2D eigenvalue weighted by atomic mass is 19.1. The SMILES string of the molecule is O=C1Nc2ccccc2[C@H]1Cc1ccccc1F. The second-order valence-electron chi connectivity index (χ2n) is 4.42. The standard InChI is InChI=1S/C15H12FNO/c16-13-7-3-1-5-10(13)9-12-11-6-2-4-8-14(11)17-15(12)18/h1-8,12H,9H2,(H,17,18)/t12-/m1/s1. The highest BCUT2D eigenvalue weighted by molar-refractivity contribution is 6.03. The minimum absolute atomic E-state index is 0.0561. The third-order valence-corrected chi connectivity index (χ3v) is 3.29. The lowest BCUT2D eigenvalue weighted by Gasteiger charge is -2.09. The van der Waals surface area contributed by atoms with Gasteiger partial charge in [-0.1, -0.05) is 36.4 Å². The molecule has 1 aliphatic heterocycles. The van der Waals surface area contributed by atoms with Gasteiger partial charge in [-0.25, -0.2) is 4.39 Å². The maximum absolute atomic E-state index is 13.6. The molecule has 1 N–H and O–H groups in total. The number of carbonyl (C=O) groups is 1. The fourth-order valence-corrected chi connectivity index (χ4v) is 2.36. The minimum Gasteiger partial charge on any atom is -0.325 e. The molecule has 0 aromatic heterocycles. The van der Waals surface area contributed by atoms with E-state index in [0.29, 0.717) is 12.0 Å². The Morgan fingerprint density at radius 1 is 1.06 bits per heavy atom. The highest BCUT2D eigenvalue weighted by Gasteiger charge is 2.30. The summed E-state index contributed by atoms with van der Waals surface area (Å²) in [4.78, 5) is 11.9. The number of fused-ring (bicyclic) bond motifs is 1. The summed E-state index contributed by atoms with van der Waals surface area (Å²) in [5, 5.41) is 2.83. The van der Waals surface area contributed by atoms with Gasteiger partial charge in [-0.3, -0.25) is 4.79 Å². The van der Waals surface area contributed by atoms with Crippen LogP contribution < -0.4 is 5.32 Å². The van der Waals surface area contributed by atoms with Gasteiger partial charge in [-0.05, 0) is 29.7 Å². The Balaban J connectivity index is 1.94. The van der Waals surface area contributed by atoms with Crippen molar-refractivity contribution in [2.75, 3.05) is 5.32 Å². The Morgan fingerprint density at radius 3 is 2.61 bits per heavy atom. The van der Waals surface area contributed by atoms with E-state index in [1.807, 2.05) is 24.3 Å². The summed E-state index contributed by atoms with van der Waals surface area (Å²) < 4.78 is 13.6. The molecule has 1 aliphatic rings. The van der Waals surface area contributed by atoms with E-state index in [9.17, 15) is 9.18 Å². The second kappa shape index (κ2) is 4.26. The molecule has 3 heteroatoms. The van der Waals surface area contributed by atoms with Crippen molar-refractivity contribution in [3.05, 3.63) is 65.5 Å². The van der Waals surface area contributed by atoms with Crippen LogP contribution in [0.15, 0.2) is 48.5 Å². The largest absolute Gasteiger partial charge is 0.325 e. The first-order valence-electron chi connectivity index (χ1n) is 5.89. The maximum Gasteiger partial charge on any atom is 0.232 e. The van der Waals surface area contributed by atoms with Crippen molar-refractivity contribution in [3.8, 4) is 0 Å². The van der Waals surface area contributed by atoms with Crippen LogP contribution in [-0.2, 0) is 11.2 Å². The fourth-order valence-electron chi connectivity index (χ4n) is 2.36. The van der Waals surface area contributed by atoms with E-state index in [1.54, 1.807) is 18.2 Å². The van der Waals surface area contributed by atoms with E-state index < -0.39 is 0 Å². The molecule has 1 heterocycles. The molecule has 0 spiro atoms. The van der Waals surface area contributed by atoms with Gasteiger partial charge in [0.1, 0.15) is 5.82 Å². The van der Waals surface area contributed by atoms with Gasteiger partial charge >= 0.3 is 0 Å². The lowest BCUT2D eigenvalue weighted by atomic mass is 9.93. The van der Waals surface area contributed by atoms with Crippen molar-refractivity contribution >= 4 is 11.6 Å². The number of hydrogen-bond donors (Lipinski definition) is 1. The molecule has 0 aliphatic carbocycles. The van der Waals surface area contributed by atoms with Gasteiger partial charge in [0.15, 0.2) is 0 Å². The van der Waals surface area contributed by atoms with Gasteiger partial charge in [0, 0.05) is 5.69 Å². The Bertz CT molecular complexity index is 609. The van der Waals surface area contributed by atoms with Crippen LogP contribution in [0, 0.1) is 5.82 Å². The number of rotatable bonds is 2. The van der Waals surface area contributed by atoms with E-state index in [0.717, 1.165) is 11.3 Å². The van der Waals surface area contributed by atoms with Crippen LogP contribution in [0.3, 0.4) is 0 Å². The molecule has 0 fully saturated rings. The van der Waals surface area contributed by atoms with Gasteiger partial charge in [0.05, 0.1) is 5.92 Å². The Morgan fingerprint density at radius 2 is 1.78 bits per heavy atom. The summed E-state index contributed by atoms with van der Waals surface area (Å²) in [6, 6.07) is 14.2. The van der Waals surface area contributed by atoms with E-state index >= 15 is 0 Å². The van der Waals surface area contributed by atoms with Crippen molar-refractivity contribution in [1.29, 1.82) is 0 Å². The number of hydrogen-bond acceptors (Lipinski definition) is 1. The lowest BCUT2D eigenvalue weighted by Crippen LogP contribution is -2.14. The number of nitrogens with one attached hydrogen (secondary N) is 1. The van der Waals surface area contributed by atoms with Crippen molar-refractivity contribution in [1.82, 2.24) is 0 Å². The van der Waals surface area contributed by atoms with E-state index in [2.05, 4.69) is 5.32 Å². The third kappa shape index (κ3) is 1.78. The van der Waals surface area contributed by atoms with E-state index in [-0.39, 0.29) is 17.6 Å². The van der Waals surface area contributed by atoms with Crippen LogP contribution in [0.2, 0.25) is 0 Å².